The fourth-order valence-corrected chi connectivity index (χ4v) is 2.07. The summed E-state index contributed by atoms with van der Waals surface area (Å²) < 4.78 is 36.6. The van der Waals surface area contributed by atoms with Gasteiger partial charge in [0.15, 0.2) is 0 Å². The van der Waals surface area contributed by atoms with Crippen LogP contribution < -0.4 is 5.73 Å². The van der Waals surface area contributed by atoms with Crippen LogP contribution in [0.25, 0.3) is 0 Å². The number of halogens is 4. The summed E-state index contributed by atoms with van der Waals surface area (Å²) in [5.74, 6) is 0. The normalized spacial score (nSPS) is 14.8. The van der Waals surface area contributed by atoms with Gasteiger partial charge < -0.3 is 5.73 Å². The van der Waals surface area contributed by atoms with Crippen molar-refractivity contribution in [3.63, 3.8) is 0 Å². The molecule has 0 aliphatic rings. The lowest BCUT2D eigenvalue weighted by Gasteiger charge is -2.14. The maximum absolute atomic E-state index is 12.1. The molecule has 0 aliphatic heterocycles. The largest absolute Gasteiger partial charge is 0.407 e. The molecule has 1 heterocycles. The highest BCUT2D eigenvalue weighted by molar-refractivity contribution is 9.11. The molecular formula is C6H5BrF3NS. The molecule has 0 aliphatic carbocycles. The molecule has 0 spiro atoms. The summed E-state index contributed by atoms with van der Waals surface area (Å²) in [6, 6.07) is -0.523. The van der Waals surface area contributed by atoms with Crippen molar-refractivity contribution in [2.75, 3.05) is 0 Å². The molecule has 1 aromatic heterocycles. The summed E-state index contributed by atoms with van der Waals surface area (Å²) in [7, 11) is 0. The van der Waals surface area contributed by atoms with Crippen LogP contribution in [0.5, 0.6) is 0 Å². The molecule has 2 N–H and O–H groups in total. The molecule has 12 heavy (non-hydrogen) atoms. The molecule has 68 valence electrons. The first-order valence-corrected chi connectivity index (χ1v) is 4.65. The molecule has 0 saturated heterocycles. The number of thiophene rings is 1. The molecule has 1 rings (SSSR count). The van der Waals surface area contributed by atoms with Gasteiger partial charge in [0.2, 0.25) is 0 Å². The Balaban J connectivity index is 2.92. The van der Waals surface area contributed by atoms with E-state index in [9.17, 15) is 13.2 Å². The maximum atomic E-state index is 12.1. The first-order valence-electron chi connectivity index (χ1n) is 2.98. The van der Waals surface area contributed by atoms with Crippen molar-refractivity contribution < 1.29 is 13.2 Å². The van der Waals surface area contributed by atoms with E-state index in [1.165, 1.54) is 17.4 Å². The second kappa shape index (κ2) is 3.35. The maximum Gasteiger partial charge on any atom is 0.407 e. The highest BCUT2D eigenvalue weighted by Crippen LogP contribution is 2.36. The van der Waals surface area contributed by atoms with Crippen molar-refractivity contribution in [3.8, 4) is 0 Å². The SMILES string of the molecule is NC(c1ccsc1Br)C(F)(F)F. The Morgan fingerprint density at radius 2 is 2.08 bits per heavy atom. The zero-order valence-electron chi connectivity index (χ0n) is 5.73. The van der Waals surface area contributed by atoms with E-state index in [0.29, 0.717) is 3.79 Å². The Morgan fingerprint density at radius 1 is 1.50 bits per heavy atom. The smallest absolute Gasteiger partial charge is 0.316 e. The molecule has 1 atom stereocenters. The Morgan fingerprint density at radius 3 is 2.42 bits per heavy atom. The van der Waals surface area contributed by atoms with Crippen LogP contribution in [0, 0.1) is 0 Å². The minimum Gasteiger partial charge on any atom is -0.316 e. The number of hydrogen-bond donors (Lipinski definition) is 1. The Labute approximate surface area is 79.5 Å². The monoisotopic (exact) mass is 259 g/mol. The zero-order valence-corrected chi connectivity index (χ0v) is 8.13. The molecule has 0 fully saturated rings. The van der Waals surface area contributed by atoms with Crippen molar-refractivity contribution in [2.45, 2.75) is 12.2 Å². The van der Waals surface area contributed by atoms with Crippen molar-refractivity contribution in [1.29, 1.82) is 0 Å². The van der Waals surface area contributed by atoms with Gasteiger partial charge in [-0.05, 0) is 27.4 Å². The average molecular weight is 260 g/mol. The third-order valence-electron chi connectivity index (χ3n) is 1.33. The van der Waals surface area contributed by atoms with E-state index in [2.05, 4.69) is 15.9 Å². The molecule has 0 bridgehead atoms. The molecule has 1 aromatic rings. The molecule has 0 radical (unpaired) electrons. The van der Waals surface area contributed by atoms with Crippen LogP contribution in [-0.4, -0.2) is 6.18 Å². The molecule has 1 unspecified atom stereocenters. The lowest BCUT2D eigenvalue weighted by Crippen LogP contribution is -2.28. The minimum absolute atomic E-state index is 0.0903. The summed E-state index contributed by atoms with van der Waals surface area (Å²) in [4.78, 5) is 0. The third kappa shape index (κ3) is 1.99. The molecule has 0 saturated carbocycles. The summed E-state index contributed by atoms with van der Waals surface area (Å²) in [5.41, 5.74) is 5.06. The Kier molecular flexibility index (Phi) is 2.80. The Hall–Kier alpha value is -0.0700. The van der Waals surface area contributed by atoms with Crippen molar-refractivity contribution in [2.24, 2.45) is 5.73 Å². The van der Waals surface area contributed by atoms with Crippen LogP contribution in [0.2, 0.25) is 0 Å². The molecule has 1 nitrogen and oxygen atoms in total. The quantitative estimate of drug-likeness (QED) is 0.825. The second-order valence-corrected chi connectivity index (χ2v) is 4.40. The van der Waals surface area contributed by atoms with Crippen LogP contribution in [0.3, 0.4) is 0 Å². The van der Waals surface area contributed by atoms with Gasteiger partial charge in [0.25, 0.3) is 0 Å². The minimum atomic E-state index is -4.37. The highest BCUT2D eigenvalue weighted by atomic mass is 79.9. The Bertz CT molecular complexity index is 270. The van der Waals surface area contributed by atoms with Crippen LogP contribution in [0.4, 0.5) is 13.2 Å². The summed E-state index contributed by atoms with van der Waals surface area (Å²) in [5, 5.41) is 1.56. The van der Waals surface area contributed by atoms with Gasteiger partial charge in [-0.1, -0.05) is 0 Å². The van der Waals surface area contributed by atoms with Crippen molar-refractivity contribution >= 4 is 27.3 Å². The van der Waals surface area contributed by atoms with Crippen molar-refractivity contribution in [3.05, 3.63) is 20.8 Å². The summed E-state index contributed by atoms with van der Waals surface area (Å²) >= 11 is 4.18. The predicted octanol–water partition coefficient (Wildman–Crippen LogP) is 3.07. The molecule has 6 heteroatoms. The lowest BCUT2D eigenvalue weighted by molar-refractivity contribution is -0.149. The van der Waals surface area contributed by atoms with Crippen LogP contribution in [-0.2, 0) is 0 Å². The average Bonchev–Trinajstić information content (AvgIpc) is 2.31. The number of rotatable bonds is 1. The topological polar surface area (TPSA) is 26.0 Å². The van der Waals surface area contributed by atoms with Gasteiger partial charge in [0, 0.05) is 5.56 Å². The number of nitrogens with two attached hydrogens (primary N) is 1. The fourth-order valence-electron chi connectivity index (χ4n) is 0.703. The second-order valence-electron chi connectivity index (χ2n) is 2.17. The fraction of sp³-hybridized carbons (Fsp3) is 0.333. The van der Waals surface area contributed by atoms with Gasteiger partial charge in [-0.15, -0.1) is 11.3 Å². The van der Waals surface area contributed by atoms with Crippen LogP contribution >= 0.6 is 27.3 Å². The van der Waals surface area contributed by atoms with Gasteiger partial charge >= 0.3 is 6.18 Å². The number of hydrogen-bond acceptors (Lipinski definition) is 2. The summed E-state index contributed by atoms with van der Waals surface area (Å²) in [6.07, 6.45) is -4.37. The molecule has 0 amide bonds. The van der Waals surface area contributed by atoms with Gasteiger partial charge in [-0.25, -0.2) is 0 Å². The number of alkyl halides is 3. The van der Waals surface area contributed by atoms with Gasteiger partial charge in [-0.3, -0.25) is 0 Å². The van der Waals surface area contributed by atoms with E-state index >= 15 is 0 Å². The zero-order chi connectivity index (χ0) is 9.35. The third-order valence-corrected chi connectivity index (χ3v) is 3.07. The molecular weight excluding hydrogens is 255 g/mol. The van der Waals surface area contributed by atoms with E-state index in [1.807, 2.05) is 0 Å². The van der Waals surface area contributed by atoms with Crippen LogP contribution in [0.15, 0.2) is 15.2 Å². The van der Waals surface area contributed by atoms with Gasteiger partial charge in [0.05, 0.1) is 3.79 Å². The molecule has 0 aromatic carbocycles. The van der Waals surface area contributed by atoms with E-state index in [1.54, 1.807) is 5.38 Å². The van der Waals surface area contributed by atoms with Gasteiger partial charge in [-0.2, -0.15) is 13.2 Å². The predicted molar refractivity (Wildman–Crippen MR) is 45.0 cm³/mol. The van der Waals surface area contributed by atoms with E-state index in [-0.39, 0.29) is 5.56 Å². The van der Waals surface area contributed by atoms with E-state index in [0.717, 1.165) is 0 Å². The van der Waals surface area contributed by atoms with Gasteiger partial charge in [0.1, 0.15) is 6.04 Å². The lowest BCUT2D eigenvalue weighted by atomic mass is 10.1. The first-order chi connectivity index (χ1) is 5.43. The summed E-state index contributed by atoms with van der Waals surface area (Å²) in [6.45, 7) is 0. The van der Waals surface area contributed by atoms with E-state index in [4.69, 9.17) is 5.73 Å². The first kappa shape index (κ1) is 10.0. The standard InChI is InChI=1S/C6H5BrF3NS/c7-5-3(1-2-12-5)4(11)6(8,9)10/h1-2,4H,11H2. The van der Waals surface area contributed by atoms with Crippen molar-refractivity contribution in [1.82, 2.24) is 0 Å². The van der Waals surface area contributed by atoms with E-state index < -0.39 is 12.2 Å². The highest BCUT2D eigenvalue weighted by Gasteiger charge is 2.39. The van der Waals surface area contributed by atoms with Crippen LogP contribution in [0.1, 0.15) is 11.6 Å².